The van der Waals surface area contributed by atoms with Crippen LogP contribution in [0.1, 0.15) is 28.7 Å². The lowest BCUT2D eigenvalue weighted by Crippen LogP contribution is -2.38. The molecule has 0 radical (unpaired) electrons. The van der Waals surface area contributed by atoms with Crippen LogP contribution in [0.3, 0.4) is 0 Å². The number of aliphatic hydroxyl groups excluding tert-OH is 1. The Kier molecular flexibility index (Phi) is 5.41. The molecule has 1 unspecified atom stereocenters. The van der Waals surface area contributed by atoms with Crippen LogP contribution >= 0.6 is 0 Å². The van der Waals surface area contributed by atoms with Gasteiger partial charge in [0.05, 0.1) is 11.7 Å². The lowest BCUT2D eigenvalue weighted by Gasteiger charge is -2.28. The van der Waals surface area contributed by atoms with Crippen LogP contribution in [0.5, 0.6) is 0 Å². The molecular formula is C20H21F3N2O2. The van der Waals surface area contributed by atoms with E-state index in [1.54, 1.807) is 6.07 Å². The van der Waals surface area contributed by atoms with Gasteiger partial charge in [0.15, 0.2) is 0 Å². The Hall–Kier alpha value is -2.54. The Bertz CT molecular complexity index is 819. The van der Waals surface area contributed by atoms with E-state index in [1.807, 2.05) is 12.1 Å². The number of urea groups is 1. The van der Waals surface area contributed by atoms with Gasteiger partial charge in [-0.25, -0.2) is 4.79 Å². The van der Waals surface area contributed by atoms with E-state index in [1.165, 1.54) is 17.0 Å². The number of hydrogen-bond donors (Lipinski definition) is 2. The zero-order chi connectivity index (χ0) is 19.6. The molecule has 0 spiro atoms. The maximum atomic E-state index is 12.7. The first-order valence-electron chi connectivity index (χ1n) is 8.77. The number of carbonyl (C=O) groups is 1. The van der Waals surface area contributed by atoms with Crippen molar-refractivity contribution in [2.24, 2.45) is 5.73 Å². The molecule has 2 amide bonds. The number of amides is 2. The highest BCUT2D eigenvalue weighted by atomic mass is 19.4. The van der Waals surface area contributed by atoms with Gasteiger partial charge in [0.2, 0.25) is 0 Å². The van der Waals surface area contributed by atoms with E-state index in [0.29, 0.717) is 30.5 Å². The summed E-state index contributed by atoms with van der Waals surface area (Å²) in [4.78, 5) is 13.4. The van der Waals surface area contributed by atoms with Crippen LogP contribution < -0.4 is 10.6 Å². The molecular weight excluding hydrogens is 357 g/mol. The third-order valence-corrected chi connectivity index (χ3v) is 4.90. The molecule has 3 N–H and O–H groups in total. The van der Waals surface area contributed by atoms with Gasteiger partial charge in [-0.1, -0.05) is 24.3 Å². The predicted molar refractivity (Wildman–Crippen MR) is 96.6 cm³/mol. The number of primary amides is 1. The summed E-state index contributed by atoms with van der Waals surface area (Å²) in [5.74, 6) is 0. The molecule has 0 aromatic heterocycles. The third-order valence-electron chi connectivity index (χ3n) is 4.90. The van der Waals surface area contributed by atoms with E-state index < -0.39 is 23.9 Å². The van der Waals surface area contributed by atoms with E-state index >= 15 is 0 Å². The van der Waals surface area contributed by atoms with Crippen molar-refractivity contribution >= 4 is 11.7 Å². The lowest BCUT2D eigenvalue weighted by atomic mass is 9.88. The second-order valence-corrected chi connectivity index (χ2v) is 6.75. The van der Waals surface area contributed by atoms with Crippen molar-refractivity contribution < 1.29 is 23.1 Å². The molecule has 0 saturated heterocycles. The van der Waals surface area contributed by atoms with E-state index in [0.717, 1.165) is 29.7 Å². The SMILES string of the molecule is NC(=O)N(CCc1ccc(C(F)(F)F)cc1)c1cccc2c1CC(O)CC2. The summed E-state index contributed by atoms with van der Waals surface area (Å²) in [7, 11) is 0. The van der Waals surface area contributed by atoms with Crippen molar-refractivity contribution in [3.05, 3.63) is 64.7 Å². The second-order valence-electron chi connectivity index (χ2n) is 6.75. The average Bonchev–Trinajstić information content (AvgIpc) is 2.61. The highest BCUT2D eigenvalue weighted by Crippen LogP contribution is 2.31. The van der Waals surface area contributed by atoms with Crippen LogP contribution in [0.4, 0.5) is 23.7 Å². The highest BCUT2D eigenvalue weighted by Gasteiger charge is 2.30. The summed E-state index contributed by atoms with van der Waals surface area (Å²) in [6.45, 7) is 0.243. The van der Waals surface area contributed by atoms with Crippen molar-refractivity contribution in [2.75, 3.05) is 11.4 Å². The van der Waals surface area contributed by atoms with Crippen molar-refractivity contribution in [1.82, 2.24) is 0 Å². The Balaban J connectivity index is 1.79. The number of nitrogens with zero attached hydrogens (tertiary/aromatic N) is 1. The van der Waals surface area contributed by atoms with E-state index in [9.17, 15) is 23.1 Å². The van der Waals surface area contributed by atoms with Gasteiger partial charge in [-0.05, 0) is 54.2 Å². The molecule has 0 aliphatic heterocycles. The monoisotopic (exact) mass is 378 g/mol. The standard InChI is InChI=1S/C20H21F3N2O2/c21-20(22,23)15-7-4-13(5-8-15)10-11-25(19(24)27)18-3-1-2-14-6-9-16(26)12-17(14)18/h1-5,7-8,16,26H,6,9-12H2,(H2,24,27). The first-order valence-corrected chi connectivity index (χ1v) is 8.77. The molecule has 0 heterocycles. The molecule has 2 aromatic carbocycles. The number of alkyl halides is 3. The molecule has 2 aromatic rings. The number of halogens is 3. The Labute approximate surface area is 155 Å². The minimum atomic E-state index is -4.37. The molecule has 1 aliphatic carbocycles. The molecule has 0 bridgehead atoms. The number of carbonyl (C=O) groups excluding carboxylic acids is 1. The fourth-order valence-electron chi connectivity index (χ4n) is 3.45. The smallest absolute Gasteiger partial charge is 0.393 e. The molecule has 4 nitrogen and oxygen atoms in total. The molecule has 1 aliphatic rings. The zero-order valence-corrected chi connectivity index (χ0v) is 14.7. The minimum absolute atomic E-state index is 0.243. The summed E-state index contributed by atoms with van der Waals surface area (Å²) < 4.78 is 38.0. The van der Waals surface area contributed by atoms with Gasteiger partial charge in [0.1, 0.15) is 0 Å². The molecule has 0 fully saturated rings. The molecule has 7 heteroatoms. The number of fused-ring (bicyclic) bond motifs is 1. The third kappa shape index (κ3) is 4.42. The summed E-state index contributed by atoms with van der Waals surface area (Å²) >= 11 is 0. The van der Waals surface area contributed by atoms with Gasteiger partial charge in [-0.2, -0.15) is 13.2 Å². The number of benzene rings is 2. The maximum absolute atomic E-state index is 12.7. The summed E-state index contributed by atoms with van der Waals surface area (Å²) in [6, 6.07) is 9.86. The van der Waals surface area contributed by atoms with Crippen LogP contribution in [-0.2, 0) is 25.4 Å². The Morgan fingerprint density at radius 1 is 1.19 bits per heavy atom. The van der Waals surface area contributed by atoms with Crippen LogP contribution in [0.2, 0.25) is 0 Å². The van der Waals surface area contributed by atoms with Gasteiger partial charge in [-0.15, -0.1) is 0 Å². The number of aryl methyl sites for hydroxylation is 1. The Morgan fingerprint density at radius 3 is 2.52 bits per heavy atom. The average molecular weight is 378 g/mol. The van der Waals surface area contributed by atoms with Gasteiger partial charge in [0, 0.05) is 18.7 Å². The largest absolute Gasteiger partial charge is 0.416 e. The van der Waals surface area contributed by atoms with Crippen LogP contribution in [0.25, 0.3) is 0 Å². The van der Waals surface area contributed by atoms with Gasteiger partial charge in [-0.3, -0.25) is 4.90 Å². The summed E-state index contributed by atoms with van der Waals surface area (Å²) in [5.41, 5.74) is 8.18. The predicted octanol–water partition coefficient (Wildman–Crippen LogP) is 3.68. The molecule has 3 rings (SSSR count). The number of nitrogens with two attached hydrogens (primary N) is 1. The first-order chi connectivity index (χ1) is 12.8. The van der Waals surface area contributed by atoms with E-state index in [-0.39, 0.29) is 6.54 Å². The highest BCUT2D eigenvalue weighted by molar-refractivity contribution is 5.91. The lowest BCUT2D eigenvalue weighted by molar-refractivity contribution is -0.137. The van der Waals surface area contributed by atoms with Crippen molar-refractivity contribution in [2.45, 2.75) is 38.0 Å². The van der Waals surface area contributed by atoms with E-state index in [4.69, 9.17) is 5.73 Å². The fourth-order valence-corrected chi connectivity index (χ4v) is 3.45. The van der Waals surface area contributed by atoms with Crippen LogP contribution in [0, 0.1) is 0 Å². The van der Waals surface area contributed by atoms with Crippen molar-refractivity contribution in [3.8, 4) is 0 Å². The quantitative estimate of drug-likeness (QED) is 0.852. The van der Waals surface area contributed by atoms with Crippen LogP contribution in [-0.4, -0.2) is 23.8 Å². The second kappa shape index (κ2) is 7.60. The number of hydrogen-bond acceptors (Lipinski definition) is 2. The normalized spacial score (nSPS) is 16.7. The summed E-state index contributed by atoms with van der Waals surface area (Å²) in [5, 5.41) is 9.97. The van der Waals surface area contributed by atoms with Gasteiger partial charge < -0.3 is 10.8 Å². The number of rotatable bonds is 4. The molecule has 144 valence electrons. The van der Waals surface area contributed by atoms with Crippen molar-refractivity contribution in [1.29, 1.82) is 0 Å². The fraction of sp³-hybridized carbons (Fsp3) is 0.350. The first kappa shape index (κ1) is 19.2. The maximum Gasteiger partial charge on any atom is 0.416 e. The summed E-state index contributed by atoms with van der Waals surface area (Å²) in [6.07, 6.45) is -2.60. The van der Waals surface area contributed by atoms with Gasteiger partial charge >= 0.3 is 12.2 Å². The van der Waals surface area contributed by atoms with Crippen molar-refractivity contribution in [3.63, 3.8) is 0 Å². The van der Waals surface area contributed by atoms with Crippen LogP contribution in [0.15, 0.2) is 42.5 Å². The minimum Gasteiger partial charge on any atom is -0.393 e. The zero-order valence-electron chi connectivity index (χ0n) is 14.7. The molecule has 27 heavy (non-hydrogen) atoms. The molecule has 1 atom stereocenters. The number of anilines is 1. The van der Waals surface area contributed by atoms with E-state index in [2.05, 4.69) is 0 Å². The Morgan fingerprint density at radius 2 is 1.89 bits per heavy atom. The number of aliphatic hydroxyl groups is 1. The molecule has 0 saturated carbocycles. The van der Waals surface area contributed by atoms with Gasteiger partial charge in [0.25, 0.3) is 0 Å². The topological polar surface area (TPSA) is 66.6 Å².